The molecule has 0 atom stereocenters. The minimum atomic E-state index is -0.255. The summed E-state index contributed by atoms with van der Waals surface area (Å²) in [5, 5.41) is 2.45. The molecule has 1 aliphatic heterocycles. The largest absolute Gasteiger partial charge is 0.346 e. The third kappa shape index (κ3) is 3.51. The van der Waals surface area contributed by atoms with Crippen LogP contribution < -0.4 is 4.90 Å². The van der Waals surface area contributed by atoms with Crippen LogP contribution in [0.4, 0.5) is 17.1 Å². The molecule has 0 amide bonds. The third-order valence-corrected chi connectivity index (χ3v) is 5.34. The van der Waals surface area contributed by atoms with Crippen molar-refractivity contribution in [3.63, 3.8) is 0 Å². The molecule has 1 saturated heterocycles. The van der Waals surface area contributed by atoms with Crippen LogP contribution in [0.5, 0.6) is 0 Å². The highest BCUT2D eigenvalue weighted by molar-refractivity contribution is 5.98. The van der Waals surface area contributed by atoms with Crippen molar-refractivity contribution in [2.45, 2.75) is 13.2 Å². The first-order chi connectivity index (χ1) is 14.3. The number of anilines is 3. The highest BCUT2D eigenvalue weighted by Crippen LogP contribution is 2.39. The molecule has 29 heavy (non-hydrogen) atoms. The maximum absolute atomic E-state index is 5.64. The number of rotatable bonds is 4. The predicted molar refractivity (Wildman–Crippen MR) is 118 cm³/mol. The van der Waals surface area contributed by atoms with Gasteiger partial charge < -0.3 is 14.4 Å². The Balaban J connectivity index is 1.63. The lowest BCUT2D eigenvalue weighted by Crippen LogP contribution is -2.11. The van der Waals surface area contributed by atoms with Crippen LogP contribution in [0, 0.1) is 6.92 Å². The highest BCUT2D eigenvalue weighted by Gasteiger charge is 2.20. The molecule has 1 heterocycles. The Morgan fingerprint density at radius 2 is 1.31 bits per heavy atom. The van der Waals surface area contributed by atoms with Crippen LogP contribution >= 0.6 is 0 Å². The molecule has 4 aromatic carbocycles. The first-order valence-electron chi connectivity index (χ1n) is 9.97. The Labute approximate surface area is 171 Å². The van der Waals surface area contributed by atoms with Crippen LogP contribution in [-0.2, 0) is 9.47 Å². The number of hydrogen-bond donors (Lipinski definition) is 0. The maximum atomic E-state index is 5.64. The molecule has 3 nitrogen and oxygen atoms in total. The Morgan fingerprint density at radius 3 is 2.03 bits per heavy atom. The normalized spacial score (nSPS) is 14.4. The van der Waals surface area contributed by atoms with Crippen LogP contribution in [0.15, 0.2) is 91.0 Å². The number of benzene rings is 4. The second kappa shape index (κ2) is 7.70. The molecule has 0 N–H and O–H groups in total. The molecule has 3 heteroatoms. The van der Waals surface area contributed by atoms with Crippen LogP contribution in [0.2, 0.25) is 0 Å². The fourth-order valence-electron chi connectivity index (χ4n) is 3.86. The van der Waals surface area contributed by atoms with E-state index in [9.17, 15) is 0 Å². The van der Waals surface area contributed by atoms with Gasteiger partial charge in [0.25, 0.3) is 0 Å². The summed E-state index contributed by atoms with van der Waals surface area (Å²) >= 11 is 0. The predicted octanol–water partition coefficient (Wildman–Crippen LogP) is 6.66. The van der Waals surface area contributed by atoms with E-state index in [1.54, 1.807) is 0 Å². The maximum Gasteiger partial charge on any atom is 0.184 e. The van der Waals surface area contributed by atoms with E-state index in [0.29, 0.717) is 13.2 Å². The number of ether oxygens (including phenoxy) is 2. The van der Waals surface area contributed by atoms with E-state index in [2.05, 4.69) is 103 Å². The third-order valence-electron chi connectivity index (χ3n) is 5.34. The fourth-order valence-corrected chi connectivity index (χ4v) is 3.86. The molecule has 0 saturated carbocycles. The van der Waals surface area contributed by atoms with Crippen molar-refractivity contribution in [2.75, 3.05) is 18.1 Å². The zero-order valence-electron chi connectivity index (χ0n) is 16.4. The lowest BCUT2D eigenvalue weighted by Gasteiger charge is -2.27. The molecule has 0 unspecified atom stereocenters. The molecule has 0 bridgehead atoms. The zero-order chi connectivity index (χ0) is 19.6. The highest BCUT2D eigenvalue weighted by atomic mass is 16.7. The quantitative estimate of drug-likeness (QED) is 0.394. The van der Waals surface area contributed by atoms with E-state index in [-0.39, 0.29) is 6.29 Å². The van der Waals surface area contributed by atoms with Crippen molar-refractivity contribution in [3.8, 4) is 0 Å². The van der Waals surface area contributed by atoms with Gasteiger partial charge >= 0.3 is 0 Å². The zero-order valence-corrected chi connectivity index (χ0v) is 16.4. The van der Waals surface area contributed by atoms with Gasteiger partial charge in [0.2, 0.25) is 0 Å². The smallest absolute Gasteiger partial charge is 0.184 e. The summed E-state index contributed by atoms with van der Waals surface area (Å²) in [7, 11) is 0. The van der Waals surface area contributed by atoms with Gasteiger partial charge in [-0.25, -0.2) is 0 Å². The van der Waals surface area contributed by atoms with Gasteiger partial charge in [-0.1, -0.05) is 66.2 Å². The standard InChI is InChI=1S/C26H23NO2/c1-19-9-13-22(14-10-19)27(25-8-4-6-20-5-2-3-7-24(20)25)23-15-11-21(12-16-23)26-28-17-18-29-26/h2-16,26H,17-18H2,1H3. The molecule has 0 aromatic heterocycles. The number of hydrogen-bond acceptors (Lipinski definition) is 3. The van der Waals surface area contributed by atoms with E-state index in [0.717, 1.165) is 22.6 Å². The molecule has 0 radical (unpaired) electrons. The summed E-state index contributed by atoms with van der Waals surface area (Å²) < 4.78 is 11.3. The Morgan fingerprint density at radius 1 is 0.690 bits per heavy atom. The molecule has 4 aromatic rings. The SMILES string of the molecule is Cc1ccc(N(c2ccc(C3OCCO3)cc2)c2cccc3ccccc23)cc1. The second-order valence-electron chi connectivity index (χ2n) is 7.33. The number of nitrogens with zero attached hydrogens (tertiary/aromatic N) is 1. The van der Waals surface area contributed by atoms with Crippen molar-refractivity contribution in [2.24, 2.45) is 0 Å². The first kappa shape index (κ1) is 17.9. The Bertz CT molecular complexity index is 1110. The summed E-state index contributed by atoms with van der Waals surface area (Å²) in [6.07, 6.45) is -0.255. The van der Waals surface area contributed by atoms with Crippen LogP contribution in [0.25, 0.3) is 10.8 Å². The van der Waals surface area contributed by atoms with E-state index in [1.807, 2.05) is 0 Å². The van der Waals surface area contributed by atoms with Gasteiger partial charge in [0.1, 0.15) is 0 Å². The number of fused-ring (bicyclic) bond motifs is 1. The molecule has 5 rings (SSSR count). The van der Waals surface area contributed by atoms with Gasteiger partial charge in [0.15, 0.2) is 6.29 Å². The summed E-state index contributed by atoms with van der Waals surface area (Å²) in [6.45, 7) is 3.41. The van der Waals surface area contributed by atoms with Gasteiger partial charge in [-0.05, 0) is 42.6 Å². The monoisotopic (exact) mass is 381 g/mol. The van der Waals surface area contributed by atoms with E-state index in [4.69, 9.17) is 9.47 Å². The van der Waals surface area contributed by atoms with Crippen molar-refractivity contribution in [1.82, 2.24) is 0 Å². The van der Waals surface area contributed by atoms with Crippen molar-refractivity contribution in [1.29, 1.82) is 0 Å². The summed E-state index contributed by atoms with van der Waals surface area (Å²) in [4.78, 5) is 2.31. The van der Waals surface area contributed by atoms with E-state index >= 15 is 0 Å². The summed E-state index contributed by atoms with van der Waals surface area (Å²) in [5.74, 6) is 0. The van der Waals surface area contributed by atoms with Gasteiger partial charge in [-0.3, -0.25) is 0 Å². The Hall–Kier alpha value is -3.14. The Kier molecular flexibility index (Phi) is 4.76. The average molecular weight is 381 g/mol. The molecule has 1 aliphatic rings. The van der Waals surface area contributed by atoms with Crippen LogP contribution in [-0.4, -0.2) is 13.2 Å². The van der Waals surface area contributed by atoms with Crippen molar-refractivity contribution < 1.29 is 9.47 Å². The van der Waals surface area contributed by atoms with Gasteiger partial charge in [-0.2, -0.15) is 0 Å². The molecule has 0 aliphatic carbocycles. The molecule has 1 fully saturated rings. The average Bonchev–Trinajstić information content (AvgIpc) is 3.31. The summed E-state index contributed by atoms with van der Waals surface area (Å²) in [6, 6.07) is 32.1. The molecular weight excluding hydrogens is 358 g/mol. The van der Waals surface area contributed by atoms with Gasteiger partial charge in [0.05, 0.1) is 18.9 Å². The summed E-state index contributed by atoms with van der Waals surface area (Å²) in [5.41, 5.74) is 5.69. The fraction of sp³-hybridized carbons (Fsp3) is 0.154. The first-order valence-corrected chi connectivity index (χ1v) is 9.97. The topological polar surface area (TPSA) is 21.7 Å². The van der Waals surface area contributed by atoms with Gasteiger partial charge in [-0.15, -0.1) is 0 Å². The number of aryl methyl sites for hydroxylation is 1. The van der Waals surface area contributed by atoms with Crippen LogP contribution in [0.1, 0.15) is 17.4 Å². The lowest BCUT2D eigenvalue weighted by atomic mass is 10.1. The van der Waals surface area contributed by atoms with Crippen molar-refractivity contribution >= 4 is 27.8 Å². The molecule has 144 valence electrons. The second-order valence-corrected chi connectivity index (χ2v) is 7.33. The minimum Gasteiger partial charge on any atom is -0.346 e. The van der Waals surface area contributed by atoms with Crippen molar-refractivity contribution in [3.05, 3.63) is 102 Å². The molecule has 0 spiro atoms. The molecular formula is C26H23NO2. The van der Waals surface area contributed by atoms with Crippen LogP contribution in [0.3, 0.4) is 0 Å². The lowest BCUT2D eigenvalue weighted by molar-refractivity contribution is -0.0441. The minimum absolute atomic E-state index is 0.255. The van der Waals surface area contributed by atoms with Gasteiger partial charge in [0, 0.05) is 22.3 Å². The van der Waals surface area contributed by atoms with E-state index in [1.165, 1.54) is 16.3 Å². The van der Waals surface area contributed by atoms with E-state index < -0.39 is 0 Å².